The van der Waals surface area contributed by atoms with Crippen LogP contribution in [0.2, 0.25) is 0 Å². The zero-order chi connectivity index (χ0) is 20.5. The molecule has 2 aromatic rings. The number of thiocarbonyl (C=S) groups is 1. The molecule has 0 spiro atoms. The number of thioether (sulfide) groups is 1. The Kier molecular flexibility index (Phi) is 5.61. The molecule has 1 aromatic carbocycles. The Hall–Kier alpha value is -2.38. The fourth-order valence-electron chi connectivity index (χ4n) is 3.81. The number of furan rings is 1. The van der Waals surface area contributed by atoms with Gasteiger partial charge in [0.25, 0.3) is 5.91 Å². The predicted molar refractivity (Wildman–Crippen MR) is 117 cm³/mol. The van der Waals surface area contributed by atoms with Gasteiger partial charge in [-0.15, -0.1) is 0 Å². The Morgan fingerprint density at radius 1 is 1.17 bits per heavy atom. The second-order valence-corrected chi connectivity index (χ2v) is 9.14. The van der Waals surface area contributed by atoms with Crippen LogP contribution < -0.4 is 0 Å². The van der Waals surface area contributed by atoms with Gasteiger partial charge < -0.3 is 9.52 Å². The number of nitrogens with zero attached hydrogens (tertiary/aromatic N) is 1. The molecule has 1 N–H and O–H groups in total. The summed E-state index contributed by atoms with van der Waals surface area (Å²) in [4.78, 5) is 26.3. The van der Waals surface area contributed by atoms with Gasteiger partial charge in [-0.3, -0.25) is 14.5 Å². The van der Waals surface area contributed by atoms with Crippen molar-refractivity contribution in [1.29, 1.82) is 0 Å². The summed E-state index contributed by atoms with van der Waals surface area (Å²) in [5, 5.41) is 9.17. The van der Waals surface area contributed by atoms with Crippen molar-refractivity contribution in [3.05, 3.63) is 52.6 Å². The van der Waals surface area contributed by atoms with Crippen LogP contribution in [0.5, 0.6) is 0 Å². The summed E-state index contributed by atoms with van der Waals surface area (Å²) in [6.07, 6.45) is 4.21. The van der Waals surface area contributed by atoms with Crippen LogP contribution in [0.3, 0.4) is 0 Å². The van der Waals surface area contributed by atoms with Crippen molar-refractivity contribution in [1.82, 2.24) is 4.90 Å². The predicted octanol–water partition coefficient (Wildman–Crippen LogP) is 5.10. The summed E-state index contributed by atoms with van der Waals surface area (Å²) >= 11 is 6.72. The summed E-state index contributed by atoms with van der Waals surface area (Å²) in [6.45, 7) is 2.04. The Labute approximate surface area is 178 Å². The quantitative estimate of drug-likeness (QED) is 0.541. The highest BCUT2D eigenvalue weighted by Gasteiger charge is 2.39. The second kappa shape index (κ2) is 8.16. The SMILES string of the molecule is Cc1ccc(-c2ccc(C=C3SC(=S)N(C4CCC(C(=O)O)CC4)C3=O)o2)cc1. The summed E-state index contributed by atoms with van der Waals surface area (Å²) in [6, 6.07) is 11.8. The van der Waals surface area contributed by atoms with Crippen molar-refractivity contribution < 1.29 is 19.1 Å². The lowest BCUT2D eigenvalue weighted by Gasteiger charge is -2.32. The van der Waals surface area contributed by atoms with Gasteiger partial charge in [0.05, 0.1) is 10.8 Å². The number of carbonyl (C=O) groups excluding carboxylic acids is 1. The minimum Gasteiger partial charge on any atom is -0.481 e. The molecular formula is C22H21NO4S2. The largest absolute Gasteiger partial charge is 0.481 e. The third-order valence-corrected chi connectivity index (χ3v) is 6.80. The van der Waals surface area contributed by atoms with E-state index in [1.807, 2.05) is 43.3 Å². The molecule has 2 heterocycles. The zero-order valence-corrected chi connectivity index (χ0v) is 17.6. The van der Waals surface area contributed by atoms with Gasteiger partial charge in [0.1, 0.15) is 15.8 Å². The molecule has 2 fully saturated rings. The number of aryl methyl sites for hydroxylation is 1. The van der Waals surface area contributed by atoms with Gasteiger partial charge in [-0.2, -0.15) is 0 Å². The molecule has 0 radical (unpaired) electrons. The molecule has 29 heavy (non-hydrogen) atoms. The lowest BCUT2D eigenvalue weighted by atomic mass is 9.85. The van der Waals surface area contributed by atoms with E-state index in [0.717, 1.165) is 11.3 Å². The van der Waals surface area contributed by atoms with Gasteiger partial charge in [-0.1, -0.05) is 53.8 Å². The summed E-state index contributed by atoms with van der Waals surface area (Å²) in [7, 11) is 0. The first-order valence-corrected chi connectivity index (χ1v) is 10.8. The molecule has 1 saturated heterocycles. The maximum absolute atomic E-state index is 12.9. The van der Waals surface area contributed by atoms with Crippen LogP contribution in [0.25, 0.3) is 17.4 Å². The number of amides is 1. The number of rotatable bonds is 4. The van der Waals surface area contributed by atoms with Gasteiger partial charge in [0, 0.05) is 17.7 Å². The van der Waals surface area contributed by atoms with Crippen LogP contribution >= 0.6 is 24.0 Å². The average molecular weight is 428 g/mol. The van der Waals surface area contributed by atoms with Crippen molar-refractivity contribution >= 4 is 46.3 Å². The van der Waals surface area contributed by atoms with Crippen molar-refractivity contribution in [2.45, 2.75) is 38.6 Å². The molecular weight excluding hydrogens is 406 g/mol. The average Bonchev–Trinajstić information content (AvgIpc) is 3.27. The van der Waals surface area contributed by atoms with Crippen LogP contribution in [0.15, 0.2) is 45.7 Å². The van der Waals surface area contributed by atoms with Crippen LogP contribution in [-0.2, 0) is 9.59 Å². The molecule has 1 aliphatic heterocycles. The standard InChI is InChI=1S/C22H21NO4S2/c1-13-2-4-14(5-3-13)18-11-10-17(27-18)12-19-20(24)23(22(28)29-19)16-8-6-15(7-9-16)21(25)26/h2-5,10-12,15-16H,6-9H2,1H3,(H,25,26). The first-order chi connectivity index (χ1) is 13.9. The monoisotopic (exact) mass is 427 g/mol. The number of hydrogen-bond donors (Lipinski definition) is 1. The van der Waals surface area contributed by atoms with Gasteiger partial charge in [0.2, 0.25) is 0 Å². The Balaban J connectivity index is 1.48. The topological polar surface area (TPSA) is 70.8 Å². The van der Waals surface area contributed by atoms with E-state index in [2.05, 4.69) is 0 Å². The van der Waals surface area contributed by atoms with E-state index in [1.165, 1.54) is 17.3 Å². The van der Waals surface area contributed by atoms with E-state index >= 15 is 0 Å². The molecule has 0 atom stereocenters. The fourth-order valence-corrected chi connectivity index (χ4v) is 5.19. The molecule has 150 valence electrons. The number of carboxylic acids is 1. The molecule has 0 unspecified atom stereocenters. The van der Waals surface area contributed by atoms with Crippen molar-refractivity contribution in [3.8, 4) is 11.3 Å². The van der Waals surface area contributed by atoms with Gasteiger partial charge in [-0.05, 0) is 44.7 Å². The lowest BCUT2D eigenvalue weighted by Crippen LogP contribution is -2.41. The Bertz CT molecular complexity index is 984. The van der Waals surface area contributed by atoms with E-state index < -0.39 is 5.97 Å². The molecule has 1 aromatic heterocycles. The summed E-state index contributed by atoms with van der Waals surface area (Å²) in [5.41, 5.74) is 2.17. The molecule has 0 bridgehead atoms. The minimum atomic E-state index is -0.754. The molecule has 1 amide bonds. The number of hydrogen-bond acceptors (Lipinski definition) is 5. The van der Waals surface area contributed by atoms with E-state index in [4.69, 9.17) is 21.7 Å². The van der Waals surface area contributed by atoms with Gasteiger partial charge in [0.15, 0.2) is 0 Å². The number of carboxylic acid groups (broad SMARTS) is 1. The van der Waals surface area contributed by atoms with Crippen molar-refractivity contribution in [2.24, 2.45) is 5.92 Å². The highest BCUT2D eigenvalue weighted by molar-refractivity contribution is 8.26. The van der Waals surface area contributed by atoms with Crippen molar-refractivity contribution in [2.75, 3.05) is 0 Å². The highest BCUT2D eigenvalue weighted by atomic mass is 32.2. The second-order valence-electron chi connectivity index (χ2n) is 7.46. The molecule has 1 aliphatic carbocycles. The summed E-state index contributed by atoms with van der Waals surface area (Å²) in [5.74, 6) is 0.167. The third-order valence-electron chi connectivity index (χ3n) is 5.47. The maximum atomic E-state index is 12.9. The Morgan fingerprint density at radius 3 is 2.52 bits per heavy atom. The lowest BCUT2D eigenvalue weighted by molar-refractivity contribution is -0.143. The van der Waals surface area contributed by atoms with Crippen molar-refractivity contribution in [3.63, 3.8) is 0 Å². The van der Waals surface area contributed by atoms with Gasteiger partial charge in [-0.25, -0.2) is 0 Å². The first-order valence-electron chi connectivity index (χ1n) is 9.59. The van der Waals surface area contributed by atoms with E-state index in [9.17, 15) is 9.59 Å². The highest BCUT2D eigenvalue weighted by Crippen LogP contribution is 2.38. The molecule has 4 rings (SSSR count). The number of benzene rings is 1. The molecule has 5 nitrogen and oxygen atoms in total. The van der Waals surface area contributed by atoms with E-state index in [-0.39, 0.29) is 17.9 Å². The first kappa shape index (κ1) is 19.9. The van der Waals surface area contributed by atoms with Crippen LogP contribution in [0, 0.1) is 12.8 Å². The smallest absolute Gasteiger partial charge is 0.306 e. The normalized spacial score (nSPS) is 23.8. The van der Waals surface area contributed by atoms with Crippen LogP contribution in [0.1, 0.15) is 37.0 Å². The van der Waals surface area contributed by atoms with Gasteiger partial charge >= 0.3 is 5.97 Å². The third kappa shape index (κ3) is 4.16. The van der Waals surface area contributed by atoms with Crippen LogP contribution in [-0.4, -0.2) is 32.2 Å². The Morgan fingerprint density at radius 2 is 1.86 bits per heavy atom. The zero-order valence-electron chi connectivity index (χ0n) is 16.0. The van der Waals surface area contributed by atoms with E-state index in [1.54, 1.807) is 11.0 Å². The molecule has 7 heteroatoms. The molecule has 2 aliphatic rings. The van der Waals surface area contributed by atoms with E-state index in [0.29, 0.717) is 40.7 Å². The summed E-state index contributed by atoms with van der Waals surface area (Å²) < 4.78 is 6.44. The fraction of sp³-hybridized carbons (Fsp3) is 0.318. The number of carbonyl (C=O) groups is 2. The molecule has 1 saturated carbocycles. The maximum Gasteiger partial charge on any atom is 0.306 e. The minimum absolute atomic E-state index is 0.0243. The van der Waals surface area contributed by atoms with Crippen LogP contribution in [0.4, 0.5) is 0 Å². The number of aliphatic carboxylic acids is 1.